The highest BCUT2D eigenvalue weighted by Gasteiger charge is 2.42. The number of nitriles is 3. The molecule has 30 heteroatoms. The number of aliphatic hydroxyl groups excluding tert-OH is 1. The van der Waals surface area contributed by atoms with Crippen LogP contribution in [-0.4, -0.2) is 92.2 Å². The SMILES string of the molecule is CC1CC(C#N)C1.Cc1cc(Br)c[nH]c1=O.N#CC1CC(=O)C1.N#CC1CC(O)C1.OB(O)C1CC1.[C-]#[N+]C1CC(n2cc(Br)cc(C)c2=O)C1.[C-]#[N+]C1CC(n2cc(C3CC3)cc(C)c2=O)C1.[C-]#[N+]C1CC(n2cc(C3CC3)cc(N)c2=O)C1.[C-]#[N+]C1CC(n2cc(C3CC3)cc(N)c2=O)C1.[C-]#[N+]C1CC(n2cc(C3CC3)cc(N)c2=O)C1. The molecule has 624 valence electrons. The Balaban J connectivity index is 0.000000142. The molecule has 6 aromatic rings. The molecule has 6 heterocycles. The average molecular weight is 1740 g/mol. The van der Waals surface area contributed by atoms with Crippen molar-refractivity contribution in [1.82, 2.24) is 27.8 Å². The van der Waals surface area contributed by atoms with Gasteiger partial charge in [-0.15, -0.1) is 0 Å². The third-order valence-electron chi connectivity index (χ3n) is 24.3. The molecule has 0 radical (unpaired) electrons. The molecular formula is C89H106BBr2N17O10. The molecule has 0 aromatic carbocycles. The number of hydrogen-bond donors (Lipinski definition) is 7. The lowest BCUT2D eigenvalue weighted by Crippen LogP contribution is -2.36. The first-order chi connectivity index (χ1) is 56.8. The highest BCUT2D eigenvalue weighted by molar-refractivity contribution is 9.10. The Hall–Kier alpha value is -10.4. The zero-order valence-corrected chi connectivity index (χ0v) is 71.1. The van der Waals surface area contributed by atoms with Crippen molar-refractivity contribution in [1.29, 1.82) is 15.8 Å². The van der Waals surface area contributed by atoms with Crippen LogP contribution in [0.2, 0.25) is 5.82 Å². The van der Waals surface area contributed by atoms with Crippen LogP contribution in [0.15, 0.2) is 111 Å². The molecule has 119 heavy (non-hydrogen) atoms. The number of H-pyrrole nitrogens is 1. The maximum Gasteiger partial charge on any atom is 0.454 e. The first-order valence-corrected chi connectivity index (χ1v) is 43.0. The Kier molecular flexibility index (Phi) is 31.7. The Morgan fingerprint density at radius 3 is 0.941 bits per heavy atom. The van der Waals surface area contributed by atoms with E-state index in [4.69, 9.17) is 81.0 Å². The molecule has 13 aliphatic carbocycles. The Bertz CT molecular complexity index is 4920. The Morgan fingerprint density at radius 2 is 0.714 bits per heavy atom. The van der Waals surface area contributed by atoms with Crippen LogP contribution in [0.25, 0.3) is 24.2 Å². The number of carbonyl (C=O) groups is 1. The van der Waals surface area contributed by atoms with Gasteiger partial charge in [-0.2, -0.15) is 15.8 Å². The number of hydrogen-bond acceptors (Lipinski definition) is 16. The second-order valence-electron chi connectivity index (χ2n) is 34.4. The van der Waals surface area contributed by atoms with Gasteiger partial charge in [0.05, 0.1) is 83.4 Å². The van der Waals surface area contributed by atoms with E-state index in [0.717, 1.165) is 121 Å². The van der Waals surface area contributed by atoms with Gasteiger partial charge in [-0.25, -0.2) is 32.9 Å². The summed E-state index contributed by atoms with van der Waals surface area (Å²) in [5.41, 5.74) is 25.4. The number of anilines is 3. The van der Waals surface area contributed by atoms with E-state index in [1.165, 1.54) is 73.6 Å². The number of nitrogens with two attached hydrogens (primary N) is 3. The number of nitrogen functional groups attached to an aromatic ring is 3. The maximum absolute atomic E-state index is 12.1. The van der Waals surface area contributed by atoms with Crippen LogP contribution in [0, 0.1) is 111 Å². The number of rotatable bonds is 10. The lowest BCUT2D eigenvalue weighted by atomic mass is 9.77. The van der Waals surface area contributed by atoms with Gasteiger partial charge in [0.15, 0.2) is 0 Å². The van der Waals surface area contributed by atoms with E-state index < -0.39 is 7.12 Å². The van der Waals surface area contributed by atoms with Gasteiger partial charge in [-0.1, -0.05) is 19.8 Å². The number of nitrogens with zero attached hydrogens (tertiary/aromatic N) is 13. The van der Waals surface area contributed by atoms with Gasteiger partial charge in [-0.05, 0) is 224 Å². The van der Waals surface area contributed by atoms with Crippen molar-refractivity contribution in [3.8, 4) is 18.2 Å². The third kappa shape index (κ3) is 25.3. The lowest BCUT2D eigenvalue weighted by Gasteiger charge is -2.29. The standard InChI is InChI=1S/C14H16N2O.3C13H15N3O.C11H11BrN2O.C6H6BrNO.C6H9N.C5H7NO.C5H5NO.C3H7BO2/c1-9-5-11(10-3-4-10)8-16(14(9)17)13-6-12(7-13)15-2;3*1-15-10-5-11(6-10)16-7-9(8-2-3-8)4-12(14)13(16)17;1-7-3-8(12)6-14(11(7)15)10-4-9(5-10)13-2;1-4-2-5(7)3-8-6(4)9;1-5-2-6(3-5)4-7;2*6-3-4-1-5(7)2-4;5-4(6)3-1-2-3/h5,8,10,12-13H,3-4,6-7H2,1H3;3*4,7-8,10-11H,2-3,5-6,14H2;3,6,9-10H,4-5H2,1H3;2-3H,1H3,(H,8,9);5-6H,2-3H2,1H3;4-5,7H,1-2H2;4H,1-2H2;3,5-6H,1-2H2. The van der Waals surface area contributed by atoms with Crippen LogP contribution in [0.5, 0.6) is 0 Å². The van der Waals surface area contributed by atoms with Crippen LogP contribution in [0.3, 0.4) is 0 Å². The molecule has 0 spiro atoms. The summed E-state index contributed by atoms with van der Waals surface area (Å²) in [6, 6.07) is 19.0. The Labute approximate surface area is 711 Å². The molecule has 13 aliphatic rings. The lowest BCUT2D eigenvalue weighted by molar-refractivity contribution is -0.125. The molecule has 0 amide bonds. The number of Topliss-reactive ketones (excluding diaryl/α,β-unsaturated/α-hetero) is 1. The molecular weight excluding hydrogens is 1640 g/mol. The minimum Gasteiger partial charge on any atom is -0.427 e. The summed E-state index contributed by atoms with van der Waals surface area (Å²) in [7, 11) is -1.04. The van der Waals surface area contributed by atoms with Gasteiger partial charge in [0.2, 0.25) is 30.2 Å². The van der Waals surface area contributed by atoms with Crippen molar-refractivity contribution in [2.45, 2.75) is 291 Å². The molecule has 13 saturated carbocycles. The van der Waals surface area contributed by atoms with E-state index in [1.54, 1.807) is 37.5 Å². The average Bonchev–Trinajstić information content (AvgIpc) is 1.78. The fourth-order valence-electron chi connectivity index (χ4n) is 15.0. The van der Waals surface area contributed by atoms with Crippen molar-refractivity contribution in [3.63, 3.8) is 0 Å². The highest BCUT2D eigenvalue weighted by atomic mass is 79.9. The summed E-state index contributed by atoms with van der Waals surface area (Å²) < 4.78 is 10.7. The topological polar surface area (TPSA) is 392 Å². The van der Waals surface area contributed by atoms with Gasteiger partial charge in [-0.3, -0.25) is 33.6 Å². The molecule has 0 saturated heterocycles. The molecule has 19 rings (SSSR count). The molecule has 0 unspecified atom stereocenters. The van der Waals surface area contributed by atoms with Crippen LogP contribution < -0.4 is 50.6 Å². The van der Waals surface area contributed by atoms with Crippen LogP contribution >= 0.6 is 31.9 Å². The third-order valence-corrected chi connectivity index (χ3v) is 25.2. The fourth-order valence-corrected chi connectivity index (χ4v) is 16.0. The van der Waals surface area contributed by atoms with Gasteiger partial charge >= 0.3 is 7.12 Å². The summed E-state index contributed by atoms with van der Waals surface area (Å²) >= 11 is 6.61. The summed E-state index contributed by atoms with van der Waals surface area (Å²) in [4.78, 5) is 101. The summed E-state index contributed by atoms with van der Waals surface area (Å²) in [5, 5.41) is 49.6. The zero-order chi connectivity index (χ0) is 86.2. The maximum atomic E-state index is 12.1. The highest BCUT2D eigenvalue weighted by Crippen LogP contribution is 2.46. The minimum atomic E-state index is -1.04. The number of carbonyl (C=O) groups excluding carboxylic acids is 1. The zero-order valence-electron chi connectivity index (χ0n) is 67.9. The predicted molar refractivity (Wildman–Crippen MR) is 463 cm³/mol. The van der Waals surface area contributed by atoms with Crippen LogP contribution in [0.1, 0.15) is 267 Å². The predicted octanol–water partition coefficient (Wildman–Crippen LogP) is 14.4. The van der Waals surface area contributed by atoms with E-state index >= 15 is 0 Å². The summed E-state index contributed by atoms with van der Waals surface area (Å²) in [6.45, 7) is 42.3. The largest absolute Gasteiger partial charge is 0.454 e. The smallest absolute Gasteiger partial charge is 0.427 e. The van der Waals surface area contributed by atoms with E-state index in [2.05, 4.69) is 80.1 Å². The van der Waals surface area contributed by atoms with E-state index in [0.29, 0.717) is 72.3 Å². The number of aliphatic hydroxyl groups is 1. The van der Waals surface area contributed by atoms with E-state index in [-0.39, 0.29) is 123 Å². The Morgan fingerprint density at radius 1 is 0.420 bits per heavy atom. The quantitative estimate of drug-likeness (QED) is 0.0495. The van der Waals surface area contributed by atoms with Gasteiger partial charge in [0.25, 0.3) is 33.4 Å². The first-order valence-electron chi connectivity index (χ1n) is 41.4. The van der Waals surface area contributed by atoms with Crippen molar-refractivity contribution in [3.05, 3.63) is 241 Å². The van der Waals surface area contributed by atoms with Gasteiger partial charge < -0.3 is 84.4 Å². The van der Waals surface area contributed by atoms with Crippen molar-refractivity contribution < 1.29 is 19.9 Å². The number of halogens is 2. The summed E-state index contributed by atoms with van der Waals surface area (Å²) in [6.07, 6.45) is 35.6. The number of pyridine rings is 6. The number of nitrogens with one attached hydrogen (secondary N) is 1. The molecule has 13 fully saturated rings. The van der Waals surface area contributed by atoms with E-state index in [9.17, 15) is 33.6 Å². The number of aryl methyl sites for hydroxylation is 3. The first kappa shape index (κ1) is 90.9. The second kappa shape index (κ2) is 41.5. The van der Waals surface area contributed by atoms with Gasteiger partial charge in [0.1, 0.15) is 5.78 Å². The molecule has 10 N–H and O–H groups in total. The van der Waals surface area contributed by atoms with Crippen LogP contribution in [-0.2, 0) is 4.79 Å². The van der Waals surface area contributed by atoms with Crippen LogP contribution in [0.4, 0.5) is 17.1 Å². The van der Waals surface area contributed by atoms with E-state index in [1.807, 2.05) is 85.8 Å². The monoisotopic (exact) mass is 1740 g/mol. The number of ketones is 1. The molecule has 27 nitrogen and oxygen atoms in total. The fraction of sp³-hybridized carbons (Fsp3) is 0.562. The summed E-state index contributed by atoms with van der Waals surface area (Å²) in [5.74, 6) is 4.33. The van der Waals surface area contributed by atoms with Crippen molar-refractivity contribution in [2.24, 2.45) is 23.7 Å². The second-order valence-corrected chi connectivity index (χ2v) is 36.2. The van der Waals surface area contributed by atoms with Gasteiger partial charge in [0, 0.05) is 146 Å². The normalized spacial score (nSPS) is 26.2. The van der Waals surface area contributed by atoms with Crippen molar-refractivity contribution >= 4 is 61.8 Å². The molecule has 6 aromatic heterocycles. The van der Waals surface area contributed by atoms with Crippen molar-refractivity contribution in [2.75, 3.05) is 17.2 Å². The minimum absolute atomic E-state index is 0.0294. The number of aromatic nitrogens is 6. The number of aromatic amines is 1. The molecule has 0 bridgehead atoms. The molecule has 0 atom stereocenters. The molecule has 0 aliphatic heterocycles.